The molecule has 4 unspecified atom stereocenters. The molecule has 0 bridgehead atoms. The number of phosphoric ester groups is 2. The number of aliphatic hydroxyl groups is 4. The van der Waals surface area contributed by atoms with Gasteiger partial charge in [0.15, 0.2) is 24.8 Å². The molecule has 0 radical (unpaired) electrons. The minimum Gasteiger partial charge on any atom is -0.462 e. The number of nitrogens with one attached hydrogen (secondary N) is 2. The van der Waals surface area contributed by atoms with Gasteiger partial charge < -0.3 is 83.8 Å². The third kappa shape index (κ3) is 60.2. The van der Waals surface area contributed by atoms with Crippen LogP contribution in [0.2, 0.25) is 0 Å². The Bertz CT molecular complexity index is 2680. The maximum atomic E-state index is 15.2. The summed E-state index contributed by atoms with van der Waals surface area (Å²) in [5.41, 5.74) is 0. The normalized spacial score (nSPS) is 20.5. The Balaban J connectivity index is 2.85. The van der Waals surface area contributed by atoms with Gasteiger partial charge >= 0.3 is 39.5 Å². The summed E-state index contributed by atoms with van der Waals surface area (Å²) in [6, 6.07) is -3.86. The van der Waals surface area contributed by atoms with Crippen molar-refractivity contribution in [3.8, 4) is 0 Å². The van der Waals surface area contributed by atoms with Crippen molar-refractivity contribution in [1.29, 1.82) is 0 Å². The van der Waals surface area contributed by atoms with Gasteiger partial charge in [0, 0.05) is 12.8 Å². The zero-order chi connectivity index (χ0) is 89.0. The quantitative estimate of drug-likeness (QED) is 0.0117. The molecule has 0 aromatic rings. The number of carbonyl (C=O) groups excluding carboxylic acids is 6. The van der Waals surface area contributed by atoms with Crippen LogP contribution in [-0.4, -0.2) is 175 Å². The van der Waals surface area contributed by atoms with Crippen molar-refractivity contribution in [3.05, 3.63) is 0 Å². The van der Waals surface area contributed by atoms with E-state index in [1.165, 1.54) is 44.9 Å². The van der Waals surface area contributed by atoms with Crippen LogP contribution >= 0.6 is 15.6 Å². The van der Waals surface area contributed by atoms with E-state index in [1.807, 2.05) is 0 Å². The fourth-order valence-electron chi connectivity index (χ4n) is 16.2. The maximum Gasteiger partial charge on any atom is 0.472 e. The van der Waals surface area contributed by atoms with Gasteiger partial charge in [-0.25, -0.2) is 9.13 Å². The first kappa shape index (κ1) is 114. The second-order valence-electron chi connectivity index (χ2n) is 34.8. The van der Waals surface area contributed by atoms with Crippen LogP contribution in [0.25, 0.3) is 0 Å². The average molecular weight is 1770 g/mol. The minimum atomic E-state index is -5.68. The molecule has 121 heavy (non-hydrogen) atoms. The highest BCUT2D eigenvalue weighted by atomic mass is 31.2. The number of amides is 2. The summed E-state index contributed by atoms with van der Waals surface area (Å²) in [4.78, 5) is 128. The first-order valence-electron chi connectivity index (χ1n) is 48.7. The van der Waals surface area contributed by atoms with Gasteiger partial charge in [-0.15, -0.1) is 0 Å². The van der Waals surface area contributed by atoms with Crippen LogP contribution in [0.1, 0.15) is 452 Å². The molecule has 0 saturated carbocycles. The second kappa shape index (κ2) is 73.6. The van der Waals surface area contributed by atoms with Crippen molar-refractivity contribution in [2.45, 2.75) is 538 Å². The molecule has 0 spiro atoms. The zero-order valence-corrected chi connectivity index (χ0v) is 78.0. The molecule has 712 valence electrons. The molecule has 2 amide bonds. The van der Waals surface area contributed by atoms with Crippen LogP contribution in [0.3, 0.4) is 0 Å². The van der Waals surface area contributed by atoms with Crippen LogP contribution in [0.5, 0.6) is 0 Å². The maximum absolute atomic E-state index is 15.2. The molecular weight excluding hydrogens is 1590 g/mol. The van der Waals surface area contributed by atoms with Gasteiger partial charge in [0.2, 0.25) is 11.8 Å². The van der Waals surface area contributed by atoms with Gasteiger partial charge in [-0.05, 0) is 51.4 Å². The van der Waals surface area contributed by atoms with E-state index in [-0.39, 0.29) is 38.5 Å². The van der Waals surface area contributed by atoms with E-state index >= 15 is 4.79 Å². The molecular formula is C92H174N2O25P2. The number of unbranched alkanes of at least 4 members (excludes halogenated alkanes) is 48. The highest BCUT2D eigenvalue weighted by Gasteiger charge is 2.55. The highest BCUT2D eigenvalue weighted by molar-refractivity contribution is 7.46. The van der Waals surface area contributed by atoms with Crippen molar-refractivity contribution in [1.82, 2.24) is 10.6 Å². The lowest BCUT2D eigenvalue weighted by Gasteiger charge is -2.47. The number of phosphoric acid groups is 2. The van der Waals surface area contributed by atoms with E-state index in [0.29, 0.717) is 38.5 Å². The van der Waals surface area contributed by atoms with E-state index in [1.54, 1.807) is 0 Å². The highest BCUT2D eigenvalue weighted by Crippen LogP contribution is 2.44. The Labute approximate surface area is 729 Å². The topological polar surface area (TPSA) is 406 Å². The molecule has 2 heterocycles. The van der Waals surface area contributed by atoms with Crippen molar-refractivity contribution >= 4 is 51.3 Å². The summed E-state index contributed by atoms with van der Waals surface area (Å²) < 4.78 is 80.0. The third-order valence-electron chi connectivity index (χ3n) is 23.4. The molecule has 0 aromatic heterocycles. The van der Waals surface area contributed by atoms with Crippen molar-refractivity contribution < 1.29 is 120 Å². The lowest BCUT2D eigenvalue weighted by atomic mass is 9.95. The number of hydrogen-bond acceptors (Lipinski definition) is 21. The fraction of sp³-hybridized carbons (Fsp3) is 0.935. The first-order valence-corrected chi connectivity index (χ1v) is 51.8. The predicted molar refractivity (Wildman–Crippen MR) is 471 cm³/mol. The molecule has 2 saturated heterocycles. The average Bonchev–Trinajstić information content (AvgIpc) is 0.778. The molecule has 2 aliphatic rings. The largest absolute Gasteiger partial charge is 0.472 e. The number of carbonyl (C=O) groups is 6. The summed E-state index contributed by atoms with van der Waals surface area (Å²) in [6.07, 6.45) is 31.4. The second-order valence-corrected chi connectivity index (χ2v) is 37.2. The minimum absolute atomic E-state index is 0.0769. The van der Waals surface area contributed by atoms with E-state index in [0.717, 1.165) is 263 Å². The lowest BCUT2D eigenvalue weighted by molar-refractivity contribution is -0.297. The van der Waals surface area contributed by atoms with Crippen molar-refractivity contribution in [2.75, 3.05) is 13.2 Å². The number of esters is 4. The van der Waals surface area contributed by atoms with Crippen LogP contribution in [0.4, 0.5) is 0 Å². The van der Waals surface area contributed by atoms with Gasteiger partial charge in [0.05, 0.1) is 51.1 Å². The molecule has 0 aliphatic carbocycles. The number of hydrogen-bond donors (Lipinski definition) is 10. The summed E-state index contributed by atoms with van der Waals surface area (Å²) in [7, 11) is -11.4. The number of ether oxygens (including phenoxy) is 7. The molecule has 14 atom stereocenters. The Morgan fingerprint density at radius 2 is 0.636 bits per heavy atom. The molecule has 2 aliphatic heterocycles. The van der Waals surface area contributed by atoms with Crippen molar-refractivity contribution in [2.24, 2.45) is 0 Å². The number of aliphatic hydroxyl groups excluding tert-OH is 4. The molecule has 2 fully saturated rings. The zero-order valence-electron chi connectivity index (χ0n) is 76.2. The van der Waals surface area contributed by atoms with Gasteiger partial charge in [-0.2, -0.15) is 0 Å². The molecule has 10 N–H and O–H groups in total. The van der Waals surface area contributed by atoms with Crippen LogP contribution in [-0.2, 0) is 80.1 Å². The van der Waals surface area contributed by atoms with Crippen LogP contribution in [0, 0.1) is 0 Å². The number of rotatable bonds is 82. The SMILES string of the molecule is CCCCCCCCCCCC(=O)O[C@H](CCCCCCCCCCC)CC(=O)N[C@H]1C(OC(=O)C[C@@H](CCCCCCCCCCC)OC(=O)CCCCCCCCCCC)[C@H](OP(=O)(O)O)C(CO)O[C@H]1OCC1O[C@H](OP(=O)(O)O)[C@@H](NC(=O)C[C@H](O)CCCCCCCCCCC)C(OC(=O)C[C@H](O)CCCCCCCCCCC)[C@@H]1O. The summed E-state index contributed by atoms with van der Waals surface area (Å²) >= 11 is 0. The van der Waals surface area contributed by atoms with E-state index < -0.39 is 176 Å². The summed E-state index contributed by atoms with van der Waals surface area (Å²) in [5.74, 6) is -5.05. The van der Waals surface area contributed by atoms with Crippen molar-refractivity contribution in [3.63, 3.8) is 0 Å². The Morgan fingerprint density at radius 1 is 0.339 bits per heavy atom. The summed E-state index contributed by atoms with van der Waals surface area (Å²) in [5, 5.41) is 51.5. The molecule has 0 aromatic carbocycles. The third-order valence-corrected chi connectivity index (χ3v) is 24.4. The fourth-order valence-corrected chi connectivity index (χ4v) is 17.3. The van der Waals surface area contributed by atoms with Crippen LogP contribution in [0.15, 0.2) is 0 Å². The van der Waals surface area contributed by atoms with Gasteiger partial charge in [0.25, 0.3) is 0 Å². The lowest BCUT2D eigenvalue weighted by Crippen LogP contribution is -2.68. The van der Waals surface area contributed by atoms with E-state index in [4.69, 9.17) is 42.2 Å². The summed E-state index contributed by atoms with van der Waals surface area (Å²) in [6.45, 7) is 10.9. The molecule has 2 rings (SSSR count). The monoisotopic (exact) mass is 1770 g/mol. The van der Waals surface area contributed by atoms with Crippen LogP contribution < -0.4 is 10.6 Å². The predicted octanol–water partition coefficient (Wildman–Crippen LogP) is 19.8. The Morgan fingerprint density at radius 3 is 1.00 bits per heavy atom. The van der Waals surface area contributed by atoms with Gasteiger partial charge in [-0.3, -0.25) is 37.8 Å². The molecule has 27 nitrogen and oxygen atoms in total. The smallest absolute Gasteiger partial charge is 0.462 e. The van der Waals surface area contributed by atoms with Gasteiger partial charge in [-0.1, -0.05) is 363 Å². The standard InChI is InChI=1S/C92H174N2O25P2/c1-7-13-19-25-31-37-43-49-55-61-73(96)67-79(98)93-85-89(116-83(102)68-74(97)62-56-50-44-38-32-26-20-14-8-2)87(104)78(115-92(85)119-121(108,109)110)72-111-91-86(94-80(99)69-75(63-57-51-45-39-33-27-21-15-9-3)112-81(100)65-59-53-47-41-35-29-23-17-11-5)90(88(77(71-95)114-91)118-120(105,106)107)117-84(103)70-76(64-58-52-46-40-34-28-22-16-10-4)113-82(101)66-60-54-48-42-36-30-24-18-12-6/h73-78,85-92,95-97,104H,7-72H2,1-6H3,(H,93,98)(H,94,99)(H2,105,106,107)(H2,108,109,110)/t73-,74-,75-,76-,77?,78?,85+,86+,87-,88-,89?,90?,91-,92-/m1/s1. The molecule has 29 heteroatoms. The van der Waals surface area contributed by atoms with Gasteiger partial charge in [0.1, 0.15) is 48.7 Å². The van der Waals surface area contributed by atoms with E-state index in [9.17, 15) is 73.1 Å². The first-order chi connectivity index (χ1) is 58.3. The van der Waals surface area contributed by atoms with E-state index in [2.05, 4.69) is 52.2 Å². The Kier molecular flexibility index (Phi) is 69.3. The Hall–Kier alpha value is -3.24.